The molecule has 0 saturated heterocycles. The van der Waals surface area contributed by atoms with Gasteiger partial charge in [0.05, 0.1) is 13.0 Å². The standard InChI is InChI=1S/C17H16BrNO2/c1-19-16-7-6-12(18)10-14(16)15(17(19)20)9-11-4-3-5-13(8-11)21-2/h3-8,10,15H,9H2,1-2H3/t15-/m1/s1. The molecule has 1 amide bonds. The van der Waals surface area contributed by atoms with E-state index < -0.39 is 0 Å². The summed E-state index contributed by atoms with van der Waals surface area (Å²) in [6, 6.07) is 13.9. The minimum absolute atomic E-state index is 0.130. The molecule has 3 rings (SSSR count). The van der Waals surface area contributed by atoms with Gasteiger partial charge >= 0.3 is 0 Å². The fourth-order valence-corrected chi connectivity index (χ4v) is 3.21. The summed E-state index contributed by atoms with van der Waals surface area (Å²) in [5.41, 5.74) is 3.18. The smallest absolute Gasteiger partial charge is 0.234 e. The van der Waals surface area contributed by atoms with Gasteiger partial charge in [-0.3, -0.25) is 4.79 Å². The number of anilines is 1. The Hall–Kier alpha value is -1.81. The monoisotopic (exact) mass is 345 g/mol. The van der Waals surface area contributed by atoms with E-state index in [1.54, 1.807) is 12.0 Å². The summed E-state index contributed by atoms with van der Waals surface area (Å²) in [5.74, 6) is 0.835. The van der Waals surface area contributed by atoms with E-state index >= 15 is 0 Å². The van der Waals surface area contributed by atoms with Gasteiger partial charge in [-0.1, -0.05) is 28.1 Å². The van der Waals surface area contributed by atoms with Gasteiger partial charge in [-0.05, 0) is 47.9 Å². The first-order valence-electron chi connectivity index (χ1n) is 6.80. The number of carbonyl (C=O) groups excluding carboxylic acids is 1. The average molecular weight is 346 g/mol. The molecule has 0 aromatic heterocycles. The van der Waals surface area contributed by atoms with Gasteiger partial charge in [0.25, 0.3) is 0 Å². The Morgan fingerprint density at radius 2 is 2.05 bits per heavy atom. The van der Waals surface area contributed by atoms with Crippen LogP contribution >= 0.6 is 15.9 Å². The fraction of sp³-hybridized carbons (Fsp3) is 0.235. The fourth-order valence-electron chi connectivity index (χ4n) is 2.83. The maximum Gasteiger partial charge on any atom is 0.234 e. The van der Waals surface area contributed by atoms with Crippen LogP contribution in [-0.2, 0) is 11.2 Å². The summed E-state index contributed by atoms with van der Waals surface area (Å²) in [6.07, 6.45) is 0.684. The first-order chi connectivity index (χ1) is 10.1. The Morgan fingerprint density at radius 3 is 2.81 bits per heavy atom. The number of nitrogens with zero attached hydrogens (tertiary/aromatic N) is 1. The van der Waals surface area contributed by atoms with Crippen molar-refractivity contribution in [2.45, 2.75) is 12.3 Å². The van der Waals surface area contributed by atoms with Crippen LogP contribution in [0.1, 0.15) is 17.0 Å². The van der Waals surface area contributed by atoms with Crippen LogP contribution in [0, 0.1) is 0 Å². The van der Waals surface area contributed by atoms with Gasteiger partial charge < -0.3 is 9.64 Å². The van der Waals surface area contributed by atoms with E-state index in [1.807, 2.05) is 49.5 Å². The number of hydrogen-bond acceptors (Lipinski definition) is 2. The lowest BCUT2D eigenvalue weighted by atomic mass is 9.93. The van der Waals surface area contributed by atoms with Gasteiger partial charge in [0.15, 0.2) is 0 Å². The van der Waals surface area contributed by atoms with E-state index in [0.29, 0.717) is 6.42 Å². The molecule has 1 heterocycles. The summed E-state index contributed by atoms with van der Waals surface area (Å²) in [6.45, 7) is 0. The lowest BCUT2D eigenvalue weighted by molar-refractivity contribution is -0.119. The normalized spacial score (nSPS) is 17.0. The van der Waals surface area contributed by atoms with Crippen molar-refractivity contribution in [1.29, 1.82) is 0 Å². The summed E-state index contributed by atoms with van der Waals surface area (Å²) in [4.78, 5) is 14.3. The van der Waals surface area contributed by atoms with Crippen molar-refractivity contribution in [2.75, 3.05) is 19.1 Å². The zero-order chi connectivity index (χ0) is 15.0. The highest BCUT2D eigenvalue weighted by Gasteiger charge is 2.35. The minimum Gasteiger partial charge on any atom is -0.497 e. The second-order valence-electron chi connectivity index (χ2n) is 5.21. The zero-order valence-corrected chi connectivity index (χ0v) is 13.6. The molecule has 0 radical (unpaired) electrons. The molecule has 0 bridgehead atoms. The number of carbonyl (C=O) groups is 1. The van der Waals surface area contributed by atoms with Crippen LogP contribution in [0.15, 0.2) is 46.9 Å². The Kier molecular flexibility index (Phi) is 3.72. The highest BCUT2D eigenvalue weighted by atomic mass is 79.9. The summed E-state index contributed by atoms with van der Waals surface area (Å²) in [5, 5.41) is 0. The minimum atomic E-state index is -0.130. The van der Waals surface area contributed by atoms with Crippen molar-refractivity contribution in [2.24, 2.45) is 0 Å². The predicted molar refractivity (Wildman–Crippen MR) is 87.0 cm³/mol. The zero-order valence-electron chi connectivity index (χ0n) is 12.0. The quantitative estimate of drug-likeness (QED) is 0.847. The highest BCUT2D eigenvalue weighted by molar-refractivity contribution is 9.10. The van der Waals surface area contributed by atoms with Crippen LogP contribution in [-0.4, -0.2) is 20.1 Å². The van der Waals surface area contributed by atoms with Crippen molar-refractivity contribution in [3.05, 3.63) is 58.1 Å². The molecule has 2 aromatic carbocycles. The lowest BCUT2D eigenvalue weighted by Gasteiger charge is -2.12. The molecule has 21 heavy (non-hydrogen) atoms. The van der Waals surface area contributed by atoms with Crippen LogP contribution in [0.2, 0.25) is 0 Å². The Balaban J connectivity index is 1.95. The van der Waals surface area contributed by atoms with Crippen molar-refractivity contribution in [3.63, 3.8) is 0 Å². The Labute approximate surface area is 132 Å². The number of amides is 1. The first kappa shape index (κ1) is 14.1. The molecule has 4 heteroatoms. The number of hydrogen-bond donors (Lipinski definition) is 0. The number of benzene rings is 2. The molecule has 0 aliphatic carbocycles. The van der Waals surface area contributed by atoms with Gasteiger partial charge in [-0.25, -0.2) is 0 Å². The van der Waals surface area contributed by atoms with Crippen LogP contribution in [0.5, 0.6) is 5.75 Å². The summed E-state index contributed by atoms with van der Waals surface area (Å²) in [7, 11) is 3.49. The van der Waals surface area contributed by atoms with E-state index in [2.05, 4.69) is 15.9 Å². The molecule has 0 N–H and O–H groups in total. The van der Waals surface area contributed by atoms with Gasteiger partial charge in [0, 0.05) is 17.2 Å². The maximum absolute atomic E-state index is 12.5. The van der Waals surface area contributed by atoms with Gasteiger partial charge in [-0.15, -0.1) is 0 Å². The molecule has 2 aromatic rings. The summed E-state index contributed by atoms with van der Waals surface area (Å²) < 4.78 is 6.25. The van der Waals surface area contributed by atoms with E-state index in [-0.39, 0.29) is 11.8 Å². The third kappa shape index (κ3) is 2.56. The molecule has 0 unspecified atom stereocenters. The van der Waals surface area contributed by atoms with Crippen LogP contribution < -0.4 is 9.64 Å². The third-order valence-corrected chi connectivity index (χ3v) is 4.42. The molecule has 0 fully saturated rings. The molecule has 1 aliphatic heterocycles. The van der Waals surface area contributed by atoms with Gasteiger partial charge in [0.2, 0.25) is 5.91 Å². The molecular weight excluding hydrogens is 330 g/mol. The number of halogens is 1. The number of fused-ring (bicyclic) bond motifs is 1. The maximum atomic E-state index is 12.5. The largest absolute Gasteiger partial charge is 0.497 e. The number of likely N-dealkylation sites (N-methyl/N-ethyl adjacent to an activating group) is 1. The Morgan fingerprint density at radius 1 is 1.24 bits per heavy atom. The summed E-state index contributed by atoms with van der Waals surface area (Å²) >= 11 is 3.49. The molecule has 1 aliphatic rings. The van der Waals surface area contributed by atoms with Crippen molar-refractivity contribution in [1.82, 2.24) is 0 Å². The van der Waals surface area contributed by atoms with E-state index in [4.69, 9.17) is 4.74 Å². The van der Waals surface area contributed by atoms with Crippen molar-refractivity contribution >= 4 is 27.5 Å². The molecule has 3 nitrogen and oxygen atoms in total. The number of rotatable bonds is 3. The van der Waals surface area contributed by atoms with Crippen molar-refractivity contribution < 1.29 is 9.53 Å². The average Bonchev–Trinajstić information content (AvgIpc) is 2.72. The molecule has 0 spiro atoms. The van der Waals surface area contributed by atoms with Crippen LogP contribution in [0.4, 0.5) is 5.69 Å². The third-order valence-electron chi connectivity index (χ3n) is 3.93. The molecule has 0 saturated carbocycles. The topological polar surface area (TPSA) is 29.5 Å². The molecular formula is C17H16BrNO2. The molecule has 108 valence electrons. The first-order valence-corrected chi connectivity index (χ1v) is 7.59. The Bertz CT molecular complexity index is 699. The SMILES string of the molecule is COc1cccc(C[C@H]2C(=O)N(C)c3ccc(Br)cc32)c1. The number of ether oxygens (including phenoxy) is 1. The highest BCUT2D eigenvalue weighted by Crippen LogP contribution is 2.39. The van der Waals surface area contributed by atoms with E-state index in [1.165, 1.54) is 0 Å². The second-order valence-corrected chi connectivity index (χ2v) is 6.12. The van der Waals surface area contributed by atoms with Gasteiger partial charge in [-0.2, -0.15) is 0 Å². The van der Waals surface area contributed by atoms with Crippen LogP contribution in [0.25, 0.3) is 0 Å². The second kappa shape index (κ2) is 5.53. The lowest BCUT2D eigenvalue weighted by Crippen LogP contribution is -2.24. The predicted octanol–water partition coefficient (Wildman–Crippen LogP) is 3.76. The van der Waals surface area contributed by atoms with Gasteiger partial charge in [0.1, 0.15) is 5.75 Å². The van der Waals surface area contributed by atoms with E-state index in [9.17, 15) is 4.79 Å². The number of methoxy groups -OCH3 is 1. The van der Waals surface area contributed by atoms with Crippen LogP contribution in [0.3, 0.4) is 0 Å². The van der Waals surface area contributed by atoms with E-state index in [0.717, 1.165) is 27.0 Å². The molecule has 1 atom stereocenters. The van der Waals surface area contributed by atoms with Crippen molar-refractivity contribution in [3.8, 4) is 5.75 Å².